The minimum Gasteiger partial charge on any atom is -0.426 e. The van der Waals surface area contributed by atoms with Crippen LogP contribution in [0.25, 0.3) is 0 Å². The molecule has 4 heteroatoms. The predicted molar refractivity (Wildman–Crippen MR) is 66.6 cm³/mol. The third-order valence-corrected chi connectivity index (χ3v) is 2.98. The summed E-state index contributed by atoms with van der Waals surface area (Å²) in [7, 11) is 0. The van der Waals surface area contributed by atoms with Crippen molar-refractivity contribution in [1.29, 1.82) is 0 Å². The molecule has 0 unspecified atom stereocenters. The van der Waals surface area contributed by atoms with Gasteiger partial charge < -0.3 is 4.74 Å². The fourth-order valence-corrected chi connectivity index (χ4v) is 2.44. The second-order valence-electron chi connectivity index (χ2n) is 3.51. The van der Waals surface area contributed by atoms with Crippen LogP contribution in [0.2, 0.25) is 0 Å². The van der Waals surface area contributed by atoms with E-state index in [4.69, 9.17) is 4.74 Å². The van der Waals surface area contributed by atoms with Crippen LogP contribution in [0.3, 0.4) is 0 Å². The molecule has 0 saturated carbocycles. The molecule has 82 valence electrons. The van der Waals surface area contributed by atoms with Crippen LogP contribution in [0.5, 0.6) is 5.75 Å². The fraction of sp³-hybridized carbons (Fsp3) is 0.364. The summed E-state index contributed by atoms with van der Waals surface area (Å²) in [6.07, 6.45) is 0. The Morgan fingerprint density at radius 1 is 1.40 bits per heavy atom. The number of carbonyl (C=O) groups excluding carboxylic acids is 1. The minimum absolute atomic E-state index is 0.0801. The molecule has 0 aliphatic carbocycles. The molecule has 0 amide bonds. The van der Waals surface area contributed by atoms with E-state index in [9.17, 15) is 4.79 Å². The second kappa shape index (κ2) is 5.03. The van der Waals surface area contributed by atoms with Crippen LogP contribution in [0, 0.1) is 0 Å². The van der Waals surface area contributed by atoms with Crippen molar-refractivity contribution in [3.05, 3.63) is 24.3 Å². The molecular weight excluding hydrogens is 276 g/mol. The lowest BCUT2D eigenvalue weighted by atomic mass is 10.3. The van der Waals surface area contributed by atoms with Gasteiger partial charge in [-0.1, -0.05) is 28.1 Å². The van der Waals surface area contributed by atoms with Crippen LogP contribution in [0.4, 0.5) is 0 Å². The van der Waals surface area contributed by atoms with E-state index in [0.717, 1.165) is 4.90 Å². The normalized spacial score (nSPS) is 11.2. The number of carbonyl (C=O) groups is 1. The first-order chi connectivity index (χ1) is 6.88. The summed E-state index contributed by atoms with van der Waals surface area (Å²) >= 11 is 5.15. The molecule has 0 fully saturated rings. The van der Waals surface area contributed by atoms with Gasteiger partial charge in [0.25, 0.3) is 0 Å². The van der Waals surface area contributed by atoms with Gasteiger partial charge in [0.15, 0.2) is 0 Å². The van der Waals surface area contributed by atoms with E-state index in [-0.39, 0.29) is 9.63 Å². The molecular formula is C11H13BrO2S. The summed E-state index contributed by atoms with van der Waals surface area (Å²) < 4.78 is 5.03. The first kappa shape index (κ1) is 12.6. The van der Waals surface area contributed by atoms with Crippen molar-refractivity contribution < 1.29 is 9.53 Å². The monoisotopic (exact) mass is 288 g/mol. The van der Waals surface area contributed by atoms with Crippen molar-refractivity contribution in [2.75, 3.05) is 0 Å². The topological polar surface area (TPSA) is 26.3 Å². The van der Waals surface area contributed by atoms with Gasteiger partial charge in [-0.2, -0.15) is 0 Å². The summed E-state index contributed by atoms with van der Waals surface area (Å²) in [5.41, 5.74) is 0. The van der Waals surface area contributed by atoms with Crippen LogP contribution in [0.1, 0.15) is 20.8 Å². The molecule has 0 atom stereocenters. The Labute approximate surface area is 103 Å². The van der Waals surface area contributed by atoms with E-state index in [1.807, 2.05) is 32.0 Å². The van der Waals surface area contributed by atoms with Gasteiger partial charge in [0, 0.05) is 6.92 Å². The van der Waals surface area contributed by atoms with Crippen LogP contribution in [-0.2, 0) is 4.79 Å². The standard InChI is InChI=1S/C11H13BrO2S/c1-8(13)14-9-6-4-5-7-10(9)15-11(2,3)12/h4-7H,1-3H3. The van der Waals surface area contributed by atoms with Gasteiger partial charge in [-0.25, -0.2) is 0 Å². The first-order valence-electron chi connectivity index (χ1n) is 4.54. The Hall–Kier alpha value is -0.480. The summed E-state index contributed by atoms with van der Waals surface area (Å²) in [5, 5.41) is 0. The third-order valence-electron chi connectivity index (χ3n) is 1.46. The highest BCUT2D eigenvalue weighted by Crippen LogP contribution is 2.41. The Morgan fingerprint density at radius 3 is 2.53 bits per heavy atom. The summed E-state index contributed by atoms with van der Waals surface area (Å²) in [6.45, 7) is 5.49. The molecule has 0 saturated heterocycles. The number of esters is 1. The van der Waals surface area contributed by atoms with Gasteiger partial charge in [-0.15, -0.1) is 11.8 Å². The Bertz CT molecular complexity index is 358. The zero-order valence-electron chi connectivity index (χ0n) is 8.91. The number of para-hydroxylation sites is 1. The molecule has 1 aromatic carbocycles. The molecule has 0 bridgehead atoms. The maximum atomic E-state index is 10.9. The van der Waals surface area contributed by atoms with E-state index >= 15 is 0 Å². The Kier molecular flexibility index (Phi) is 4.22. The van der Waals surface area contributed by atoms with E-state index < -0.39 is 0 Å². The number of hydrogen-bond donors (Lipinski definition) is 0. The van der Waals surface area contributed by atoms with Gasteiger partial charge in [0.2, 0.25) is 0 Å². The Morgan fingerprint density at radius 2 is 2.00 bits per heavy atom. The summed E-state index contributed by atoms with van der Waals surface area (Å²) in [4.78, 5) is 11.8. The van der Waals surface area contributed by atoms with Crippen molar-refractivity contribution in [3.63, 3.8) is 0 Å². The molecule has 0 radical (unpaired) electrons. The van der Waals surface area contributed by atoms with Gasteiger partial charge in [0.05, 0.1) is 8.55 Å². The van der Waals surface area contributed by atoms with E-state index in [2.05, 4.69) is 15.9 Å². The molecule has 2 nitrogen and oxygen atoms in total. The number of thioether (sulfide) groups is 1. The van der Waals surface area contributed by atoms with Crippen molar-refractivity contribution in [1.82, 2.24) is 0 Å². The van der Waals surface area contributed by atoms with Crippen molar-refractivity contribution in [2.24, 2.45) is 0 Å². The maximum Gasteiger partial charge on any atom is 0.308 e. The summed E-state index contributed by atoms with van der Waals surface area (Å²) in [6, 6.07) is 7.51. The lowest BCUT2D eigenvalue weighted by molar-refractivity contribution is -0.132. The molecule has 0 aliphatic heterocycles. The lowest BCUT2D eigenvalue weighted by Gasteiger charge is -2.17. The molecule has 1 aromatic rings. The maximum absolute atomic E-state index is 10.9. The molecule has 0 aliphatic rings. The zero-order chi connectivity index (χ0) is 11.5. The predicted octanol–water partition coefficient (Wildman–Crippen LogP) is 3.84. The Balaban J connectivity index is 2.91. The van der Waals surface area contributed by atoms with Crippen LogP contribution >= 0.6 is 27.7 Å². The van der Waals surface area contributed by atoms with Crippen molar-refractivity contribution in [3.8, 4) is 5.75 Å². The SMILES string of the molecule is CC(=O)Oc1ccccc1SC(C)(C)Br. The van der Waals surface area contributed by atoms with E-state index in [0.29, 0.717) is 5.75 Å². The smallest absolute Gasteiger partial charge is 0.308 e. The highest BCUT2D eigenvalue weighted by atomic mass is 79.9. The largest absolute Gasteiger partial charge is 0.426 e. The molecule has 15 heavy (non-hydrogen) atoms. The number of ether oxygens (including phenoxy) is 1. The fourth-order valence-electron chi connectivity index (χ4n) is 1.04. The molecule has 0 heterocycles. The molecule has 0 spiro atoms. The third kappa shape index (κ3) is 4.71. The highest BCUT2D eigenvalue weighted by Gasteiger charge is 2.17. The quantitative estimate of drug-likeness (QED) is 0.366. The van der Waals surface area contributed by atoms with Gasteiger partial charge >= 0.3 is 5.97 Å². The average Bonchev–Trinajstić information content (AvgIpc) is 2.05. The number of halogens is 1. The van der Waals surface area contributed by atoms with Gasteiger partial charge in [0.1, 0.15) is 5.75 Å². The number of hydrogen-bond acceptors (Lipinski definition) is 3. The van der Waals surface area contributed by atoms with Gasteiger partial charge in [-0.3, -0.25) is 4.79 Å². The number of rotatable bonds is 3. The molecule has 0 N–H and O–H groups in total. The van der Waals surface area contributed by atoms with E-state index in [1.54, 1.807) is 17.8 Å². The van der Waals surface area contributed by atoms with E-state index in [1.165, 1.54) is 6.92 Å². The summed E-state index contributed by atoms with van der Waals surface area (Å²) in [5.74, 6) is 0.318. The number of benzene rings is 1. The highest BCUT2D eigenvalue weighted by molar-refractivity contribution is 9.11. The van der Waals surface area contributed by atoms with Crippen molar-refractivity contribution in [2.45, 2.75) is 29.3 Å². The molecule has 0 aromatic heterocycles. The van der Waals surface area contributed by atoms with Crippen LogP contribution in [-0.4, -0.2) is 9.63 Å². The number of alkyl halides is 1. The van der Waals surface area contributed by atoms with Crippen LogP contribution < -0.4 is 4.74 Å². The minimum atomic E-state index is -0.296. The second-order valence-corrected chi connectivity index (χ2v) is 7.68. The van der Waals surface area contributed by atoms with Gasteiger partial charge in [-0.05, 0) is 26.0 Å². The lowest BCUT2D eigenvalue weighted by Crippen LogP contribution is -2.05. The first-order valence-corrected chi connectivity index (χ1v) is 6.15. The average molecular weight is 289 g/mol. The van der Waals surface area contributed by atoms with Crippen LogP contribution in [0.15, 0.2) is 29.2 Å². The zero-order valence-corrected chi connectivity index (χ0v) is 11.3. The molecule has 1 rings (SSSR count). The van der Waals surface area contributed by atoms with Crippen molar-refractivity contribution >= 4 is 33.7 Å².